The van der Waals surface area contributed by atoms with Crippen molar-refractivity contribution in [1.82, 2.24) is 20.0 Å². The summed E-state index contributed by atoms with van der Waals surface area (Å²) in [4.78, 5) is 25.2. The molecule has 1 aliphatic rings. The highest BCUT2D eigenvalue weighted by molar-refractivity contribution is 5.76. The topological polar surface area (TPSA) is 87.5 Å². The summed E-state index contributed by atoms with van der Waals surface area (Å²) in [5.41, 5.74) is 0. The molecule has 0 spiro atoms. The van der Waals surface area contributed by atoms with Gasteiger partial charge in [0.1, 0.15) is 0 Å². The van der Waals surface area contributed by atoms with Crippen LogP contribution >= 0.6 is 0 Å². The molecule has 122 valence electrons. The van der Waals surface area contributed by atoms with Crippen LogP contribution in [0.4, 0.5) is 0 Å². The molecule has 7 nitrogen and oxygen atoms in total. The molecule has 2 heterocycles. The number of carbonyl (C=O) groups excluding carboxylic acids is 2. The Balaban J connectivity index is 1.77. The van der Waals surface area contributed by atoms with Gasteiger partial charge in [-0.3, -0.25) is 14.3 Å². The molecule has 1 aliphatic heterocycles. The largest absolute Gasteiger partial charge is 0.391 e. The summed E-state index contributed by atoms with van der Waals surface area (Å²) in [5.74, 6) is -0.0501. The van der Waals surface area contributed by atoms with Crippen molar-refractivity contribution in [3.8, 4) is 0 Å². The maximum atomic E-state index is 12.2. The lowest BCUT2D eigenvalue weighted by Gasteiger charge is -2.21. The standard InChI is InChI=1S/C15H24N4O3/c1-12(20)17-13-5-10-18(11-6-14(13)21)15(22)4-2-8-19-9-3-7-16-19/h3,7,9,13-14,21H,2,4-6,8,10-11H2,1H3,(H,17,20)/t13-,14-/m0/s1. The Morgan fingerprint density at radius 1 is 1.36 bits per heavy atom. The van der Waals surface area contributed by atoms with E-state index in [1.807, 2.05) is 16.9 Å². The summed E-state index contributed by atoms with van der Waals surface area (Å²) in [6.45, 7) is 3.28. The van der Waals surface area contributed by atoms with Gasteiger partial charge >= 0.3 is 0 Å². The van der Waals surface area contributed by atoms with Gasteiger partial charge in [-0.1, -0.05) is 0 Å². The minimum atomic E-state index is -0.592. The number of hydrogen-bond acceptors (Lipinski definition) is 4. The molecule has 2 rings (SSSR count). The van der Waals surface area contributed by atoms with Gasteiger partial charge in [-0.25, -0.2) is 0 Å². The zero-order chi connectivity index (χ0) is 15.9. The van der Waals surface area contributed by atoms with Crippen molar-refractivity contribution in [2.45, 2.75) is 51.3 Å². The first-order chi connectivity index (χ1) is 10.6. The van der Waals surface area contributed by atoms with Crippen LogP contribution in [0.5, 0.6) is 0 Å². The van der Waals surface area contributed by atoms with E-state index in [0.29, 0.717) is 32.4 Å². The fraction of sp³-hybridized carbons (Fsp3) is 0.667. The zero-order valence-electron chi connectivity index (χ0n) is 12.9. The molecule has 7 heteroatoms. The number of nitrogens with one attached hydrogen (secondary N) is 1. The molecule has 0 aromatic carbocycles. The molecule has 0 bridgehead atoms. The third-order valence-corrected chi connectivity index (χ3v) is 3.95. The second-order valence-corrected chi connectivity index (χ2v) is 5.71. The van der Waals surface area contributed by atoms with Crippen LogP contribution in [0.2, 0.25) is 0 Å². The van der Waals surface area contributed by atoms with Crippen molar-refractivity contribution in [2.75, 3.05) is 13.1 Å². The summed E-state index contributed by atoms with van der Waals surface area (Å²) in [6, 6.07) is 1.60. The molecule has 1 aromatic rings. The molecule has 0 saturated carbocycles. The van der Waals surface area contributed by atoms with Crippen LogP contribution in [-0.2, 0) is 16.1 Å². The van der Waals surface area contributed by atoms with E-state index in [1.54, 1.807) is 11.1 Å². The number of amides is 2. The second-order valence-electron chi connectivity index (χ2n) is 5.71. The van der Waals surface area contributed by atoms with Crippen LogP contribution in [0, 0.1) is 0 Å². The highest BCUT2D eigenvalue weighted by Gasteiger charge is 2.27. The van der Waals surface area contributed by atoms with Crippen LogP contribution in [0.15, 0.2) is 18.5 Å². The Morgan fingerprint density at radius 2 is 2.14 bits per heavy atom. The average Bonchev–Trinajstić information content (AvgIpc) is 2.91. The minimum Gasteiger partial charge on any atom is -0.391 e. The Morgan fingerprint density at radius 3 is 2.82 bits per heavy atom. The number of aryl methyl sites for hydroxylation is 1. The molecule has 1 saturated heterocycles. The summed E-state index contributed by atoms with van der Waals surface area (Å²) in [6.07, 6.45) is 5.31. The number of aromatic nitrogens is 2. The van der Waals surface area contributed by atoms with Crippen molar-refractivity contribution in [2.24, 2.45) is 0 Å². The number of carbonyl (C=O) groups is 2. The first-order valence-electron chi connectivity index (χ1n) is 7.76. The number of rotatable bonds is 5. The van der Waals surface area contributed by atoms with E-state index in [4.69, 9.17) is 0 Å². The monoisotopic (exact) mass is 308 g/mol. The van der Waals surface area contributed by atoms with Crippen LogP contribution in [-0.4, -0.2) is 56.8 Å². The minimum absolute atomic E-state index is 0.0998. The SMILES string of the molecule is CC(=O)N[C@H]1CCN(C(=O)CCCn2cccn2)CC[C@@H]1O. The van der Waals surface area contributed by atoms with E-state index < -0.39 is 6.10 Å². The molecule has 0 aliphatic carbocycles. The van der Waals surface area contributed by atoms with E-state index in [9.17, 15) is 14.7 Å². The van der Waals surface area contributed by atoms with Crippen molar-refractivity contribution in [1.29, 1.82) is 0 Å². The summed E-state index contributed by atoms with van der Waals surface area (Å²) in [5, 5.41) is 16.9. The number of aliphatic hydroxyl groups excluding tert-OH is 1. The zero-order valence-corrected chi connectivity index (χ0v) is 12.9. The van der Waals surface area contributed by atoms with E-state index in [2.05, 4.69) is 10.4 Å². The lowest BCUT2D eigenvalue weighted by Crippen LogP contribution is -2.42. The van der Waals surface area contributed by atoms with Gasteiger partial charge in [0, 0.05) is 45.4 Å². The fourth-order valence-corrected chi connectivity index (χ4v) is 2.75. The Bertz CT molecular complexity index is 489. The lowest BCUT2D eigenvalue weighted by molar-refractivity contribution is -0.131. The molecular formula is C15H24N4O3. The molecule has 0 unspecified atom stereocenters. The summed E-state index contributed by atoms with van der Waals surface area (Å²) < 4.78 is 1.81. The smallest absolute Gasteiger partial charge is 0.222 e. The van der Waals surface area contributed by atoms with Crippen molar-refractivity contribution < 1.29 is 14.7 Å². The van der Waals surface area contributed by atoms with Crippen LogP contribution in [0.1, 0.15) is 32.6 Å². The van der Waals surface area contributed by atoms with Gasteiger partial charge < -0.3 is 15.3 Å². The molecule has 1 aromatic heterocycles. The maximum Gasteiger partial charge on any atom is 0.222 e. The number of hydrogen-bond donors (Lipinski definition) is 2. The number of aliphatic hydroxyl groups is 1. The van der Waals surface area contributed by atoms with Crippen LogP contribution < -0.4 is 5.32 Å². The quantitative estimate of drug-likeness (QED) is 0.810. The van der Waals surface area contributed by atoms with E-state index >= 15 is 0 Å². The molecular weight excluding hydrogens is 284 g/mol. The first-order valence-corrected chi connectivity index (χ1v) is 7.76. The second kappa shape index (κ2) is 7.93. The van der Waals surface area contributed by atoms with Crippen molar-refractivity contribution in [3.05, 3.63) is 18.5 Å². The Kier molecular flexibility index (Phi) is 5.94. The Hall–Kier alpha value is -1.89. The van der Waals surface area contributed by atoms with E-state index in [-0.39, 0.29) is 17.9 Å². The number of nitrogens with zero attached hydrogens (tertiary/aromatic N) is 3. The molecule has 2 amide bonds. The molecule has 2 N–H and O–H groups in total. The highest BCUT2D eigenvalue weighted by atomic mass is 16.3. The van der Waals surface area contributed by atoms with E-state index in [1.165, 1.54) is 6.92 Å². The van der Waals surface area contributed by atoms with Gasteiger partial charge in [-0.2, -0.15) is 5.10 Å². The molecule has 0 radical (unpaired) electrons. The van der Waals surface area contributed by atoms with Crippen LogP contribution in [0.3, 0.4) is 0 Å². The maximum absolute atomic E-state index is 12.2. The predicted molar refractivity (Wildman–Crippen MR) is 80.9 cm³/mol. The predicted octanol–water partition coefficient (Wildman–Crippen LogP) is 0.151. The van der Waals surface area contributed by atoms with Gasteiger partial charge in [0.25, 0.3) is 0 Å². The molecule has 22 heavy (non-hydrogen) atoms. The first kappa shape index (κ1) is 16.5. The lowest BCUT2D eigenvalue weighted by atomic mass is 10.1. The fourth-order valence-electron chi connectivity index (χ4n) is 2.75. The summed E-state index contributed by atoms with van der Waals surface area (Å²) in [7, 11) is 0. The van der Waals surface area contributed by atoms with Crippen molar-refractivity contribution >= 4 is 11.8 Å². The number of likely N-dealkylation sites (tertiary alicyclic amines) is 1. The third-order valence-electron chi connectivity index (χ3n) is 3.95. The normalized spacial score (nSPS) is 22.2. The highest BCUT2D eigenvalue weighted by Crippen LogP contribution is 2.13. The van der Waals surface area contributed by atoms with Gasteiger partial charge in [-0.15, -0.1) is 0 Å². The van der Waals surface area contributed by atoms with Gasteiger partial charge in [0.2, 0.25) is 11.8 Å². The molecule has 1 fully saturated rings. The van der Waals surface area contributed by atoms with Gasteiger partial charge in [-0.05, 0) is 25.3 Å². The Labute approximate surface area is 130 Å². The summed E-state index contributed by atoms with van der Waals surface area (Å²) >= 11 is 0. The van der Waals surface area contributed by atoms with E-state index in [0.717, 1.165) is 13.0 Å². The third kappa shape index (κ3) is 4.84. The van der Waals surface area contributed by atoms with Gasteiger partial charge in [0.15, 0.2) is 0 Å². The van der Waals surface area contributed by atoms with Crippen molar-refractivity contribution in [3.63, 3.8) is 0 Å². The van der Waals surface area contributed by atoms with Gasteiger partial charge in [0.05, 0.1) is 12.1 Å². The average molecular weight is 308 g/mol. The molecule has 2 atom stereocenters. The van der Waals surface area contributed by atoms with Crippen LogP contribution in [0.25, 0.3) is 0 Å².